The number of hydrogen-bond donors (Lipinski definition) is 1. The van der Waals surface area contributed by atoms with Gasteiger partial charge in [0.2, 0.25) is 5.91 Å². The number of nitrogens with zero attached hydrogens (tertiary/aromatic N) is 1. The Hall–Kier alpha value is -1.21. The Morgan fingerprint density at radius 2 is 1.95 bits per heavy atom. The van der Waals surface area contributed by atoms with Gasteiger partial charge in [-0.1, -0.05) is 12.1 Å². The number of β-amino-alcohol motifs (C(OH)–C–C–N with tert-alkyl or cyclic N) is 1. The largest absolute Gasteiger partial charge is 0.416 e. The van der Waals surface area contributed by atoms with Gasteiger partial charge in [-0.2, -0.15) is 13.2 Å². The second-order valence-corrected chi connectivity index (χ2v) is 5.16. The van der Waals surface area contributed by atoms with Gasteiger partial charge in [-0.05, 0) is 17.7 Å². The van der Waals surface area contributed by atoms with Crippen molar-refractivity contribution in [3.63, 3.8) is 0 Å². The molecule has 0 aliphatic carbocycles. The lowest BCUT2D eigenvalue weighted by molar-refractivity contribution is -0.137. The highest BCUT2D eigenvalue weighted by Crippen LogP contribution is 2.39. The predicted molar refractivity (Wildman–Crippen MR) is 65.4 cm³/mol. The van der Waals surface area contributed by atoms with Crippen LogP contribution in [0.4, 0.5) is 13.2 Å². The summed E-state index contributed by atoms with van der Waals surface area (Å²) >= 11 is 1.35. The van der Waals surface area contributed by atoms with Crippen LogP contribution in [0.5, 0.6) is 0 Å². The molecule has 1 N–H and O–H groups in total. The molecule has 1 atom stereocenters. The predicted octanol–water partition coefficient (Wildman–Crippen LogP) is 2.27. The van der Waals surface area contributed by atoms with Crippen LogP contribution in [-0.2, 0) is 11.0 Å². The van der Waals surface area contributed by atoms with Gasteiger partial charge in [-0.3, -0.25) is 4.79 Å². The summed E-state index contributed by atoms with van der Waals surface area (Å²) < 4.78 is 37.4. The molecule has 1 aromatic rings. The van der Waals surface area contributed by atoms with Crippen LogP contribution in [-0.4, -0.2) is 34.8 Å². The smallest absolute Gasteiger partial charge is 0.395 e. The summed E-state index contributed by atoms with van der Waals surface area (Å²) in [6, 6.07) is 4.78. The number of benzene rings is 1. The van der Waals surface area contributed by atoms with Crippen LogP contribution in [0.1, 0.15) is 16.5 Å². The number of alkyl halides is 3. The zero-order valence-corrected chi connectivity index (χ0v) is 10.7. The lowest BCUT2D eigenvalue weighted by Gasteiger charge is -2.23. The highest BCUT2D eigenvalue weighted by atomic mass is 32.2. The number of aliphatic hydroxyl groups excluding tert-OH is 1. The van der Waals surface area contributed by atoms with E-state index in [9.17, 15) is 18.0 Å². The third-order valence-corrected chi connectivity index (χ3v) is 4.09. The van der Waals surface area contributed by atoms with E-state index in [1.54, 1.807) is 0 Å². The molecule has 1 aromatic carbocycles. The molecule has 0 radical (unpaired) electrons. The third-order valence-electron chi connectivity index (χ3n) is 2.83. The molecule has 1 aliphatic heterocycles. The summed E-state index contributed by atoms with van der Waals surface area (Å²) in [5.74, 6) is 0.176. The molecule has 0 unspecified atom stereocenters. The van der Waals surface area contributed by atoms with Crippen LogP contribution in [0.25, 0.3) is 0 Å². The first-order valence-corrected chi connectivity index (χ1v) is 6.67. The number of hydrogen-bond acceptors (Lipinski definition) is 3. The summed E-state index contributed by atoms with van der Waals surface area (Å²) in [5.41, 5.74) is -0.0726. The van der Waals surface area contributed by atoms with E-state index in [1.165, 1.54) is 28.8 Å². The Labute approximate surface area is 112 Å². The molecule has 3 nitrogen and oxygen atoms in total. The fourth-order valence-corrected chi connectivity index (χ4v) is 3.14. The molecule has 1 heterocycles. The molecule has 1 aliphatic rings. The maximum absolute atomic E-state index is 12.5. The van der Waals surface area contributed by atoms with Gasteiger partial charge in [0.05, 0.1) is 17.9 Å². The van der Waals surface area contributed by atoms with Crippen LogP contribution in [0, 0.1) is 0 Å². The van der Waals surface area contributed by atoms with Gasteiger partial charge in [0.15, 0.2) is 0 Å². The van der Waals surface area contributed by atoms with E-state index in [-0.39, 0.29) is 30.2 Å². The second-order valence-electron chi connectivity index (χ2n) is 4.09. The lowest BCUT2D eigenvalue weighted by atomic mass is 10.1. The number of carbonyl (C=O) groups excluding carboxylic acids is 1. The van der Waals surface area contributed by atoms with Crippen molar-refractivity contribution < 1.29 is 23.1 Å². The van der Waals surface area contributed by atoms with Gasteiger partial charge < -0.3 is 10.0 Å². The van der Waals surface area contributed by atoms with Crippen molar-refractivity contribution in [2.75, 3.05) is 18.9 Å². The van der Waals surface area contributed by atoms with Gasteiger partial charge in [0, 0.05) is 6.54 Å². The van der Waals surface area contributed by atoms with Crippen LogP contribution < -0.4 is 0 Å². The number of rotatable bonds is 3. The molecule has 1 saturated heterocycles. The monoisotopic (exact) mass is 291 g/mol. The Kier molecular flexibility index (Phi) is 4.05. The average molecular weight is 291 g/mol. The van der Waals surface area contributed by atoms with E-state index in [0.29, 0.717) is 5.56 Å². The minimum absolute atomic E-state index is 0.107. The van der Waals surface area contributed by atoms with Gasteiger partial charge >= 0.3 is 6.18 Å². The summed E-state index contributed by atoms with van der Waals surface area (Å²) in [7, 11) is 0. The molecule has 1 fully saturated rings. The third kappa shape index (κ3) is 3.03. The zero-order valence-electron chi connectivity index (χ0n) is 9.85. The van der Waals surface area contributed by atoms with Crippen molar-refractivity contribution in [1.82, 2.24) is 4.90 Å². The number of carbonyl (C=O) groups is 1. The quantitative estimate of drug-likeness (QED) is 0.929. The zero-order chi connectivity index (χ0) is 14.0. The summed E-state index contributed by atoms with van der Waals surface area (Å²) in [6.07, 6.45) is -4.36. The van der Waals surface area contributed by atoms with E-state index >= 15 is 0 Å². The van der Waals surface area contributed by atoms with Crippen LogP contribution >= 0.6 is 11.8 Å². The van der Waals surface area contributed by atoms with Crippen molar-refractivity contribution in [3.05, 3.63) is 35.4 Å². The van der Waals surface area contributed by atoms with E-state index < -0.39 is 11.7 Å². The van der Waals surface area contributed by atoms with Crippen LogP contribution in [0.3, 0.4) is 0 Å². The van der Waals surface area contributed by atoms with Crippen LogP contribution in [0.2, 0.25) is 0 Å². The van der Waals surface area contributed by atoms with Crippen molar-refractivity contribution in [2.24, 2.45) is 0 Å². The van der Waals surface area contributed by atoms with Crippen molar-refractivity contribution in [1.29, 1.82) is 0 Å². The first-order chi connectivity index (χ1) is 8.93. The average Bonchev–Trinajstić information content (AvgIpc) is 2.71. The van der Waals surface area contributed by atoms with Gasteiger partial charge in [0.25, 0.3) is 0 Å². The topological polar surface area (TPSA) is 40.5 Å². The molecule has 1 amide bonds. The molecule has 0 spiro atoms. The van der Waals surface area contributed by atoms with Crippen molar-refractivity contribution in [2.45, 2.75) is 11.6 Å². The summed E-state index contributed by atoms with van der Waals surface area (Å²) in [4.78, 5) is 13.1. The number of aliphatic hydroxyl groups is 1. The Morgan fingerprint density at radius 1 is 1.32 bits per heavy atom. The number of amides is 1. The first kappa shape index (κ1) is 14.2. The molecular weight excluding hydrogens is 279 g/mol. The fraction of sp³-hybridized carbons (Fsp3) is 0.417. The highest BCUT2D eigenvalue weighted by molar-refractivity contribution is 8.00. The number of thioether (sulfide) groups is 1. The molecule has 0 aromatic heterocycles. The van der Waals surface area contributed by atoms with Crippen LogP contribution in [0.15, 0.2) is 24.3 Å². The van der Waals surface area contributed by atoms with E-state index in [4.69, 9.17) is 5.11 Å². The molecule has 0 bridgehead atoms. The Bertz CT molecular complexity index is 461. The molecule has 104 valence electrons. The highest BCUT2D eigenvalue weighted by Gasteiger charge is 2.34. The SMILES string of the molecule is O=C1CS[C@@H](c2ccc(C(F)(F)F)cc2)N1CCO. The van der Waals surface area contributed by atoms with Gasteiger partial charge in [0.1, 0.15) is 5.37 Å². The normalized spacial score (nSPS) is 20.1. The summed E-state index contributed by atoms with van der Waals surface area (Å²) in [5, 5.41) is 8.59. The molecular formula is C12H12F3NO2S. The number of halogens is 3. The van der Waals surface area contributed by atoms with Gasteiger partial charge in [-0.15, -0.1) is 11.8 Å². The Morgan fingerprint density at radius 3 is 2.47 bits per heavy atom. The maximum atomic E-state index is 12.5. The molecule has 2 rings (SSSR count). The second kappa shape index (κ2) is 5.42. The van der Waals surface area contributed by atoms with E-state index in [0.717, 1.165) is 12.1 Å². The van der Waals surface area contributed by atoms with Crippen molar-refractivity contribution in [3.8, 4) is 0 Å². The molecule has 19 heavy (non-hydrogen) atoms. The molecule has 7 heteroatoms. The molecule has 0 saturated carbocycles. The van der Waals surface area contributed by atoms with E-state index in [1.807, 2.05) is 0 Å². The standard InChI is InChI=1S/C12H12F3NO2S/c13-12(14,15)9-3-1-8(2-4-9)11-16(5-6-17)10(18)7-19-11/h1-4,11,17H,5-7H2/t11-/m0/s1. The van der Waals surface area contributed by atoms with Crippen molar-refractivity contribution >= 4 is 17.7 Å². The van der Waals surface area contributed by atoms with Gasteiger partial charge in [-0.25, -0.2) is 0 Å². The van der Waals surface area contributed by atoms with E-state index in [2.05, 4.69) is 0 Å². The minimum Gasteiger partial charge on any atom is -0.395 e. The first-order valence-electron chi connectivity index (χ1n) is 5.62. The maximum Gasteiger partial charge on any atom is 0.416 e. The lowest BCUT2D eigenvalue weighted by Crippen LogP contribution is -2.30. The Balaban J connectivity index is 2.20. The summed E-state index contributed by atoms with van der Waals surface area (Å²) in [6.45, 7) is 0.0287. The fourth-order valence-electron chi connectivity index (χ4n) is 1.92. The minimum atomic E-state index is -4.36.